The average molecular weight is 444 g/mol. The van der Waals surface area contributed by atoms with E-state index in [2.05, 4.69) is 5.10 Å². The maximum atomic E-state index is 14.1. The van der Waals surface area contributed by atoms with Crippen molar-refractivity contribution in [1.29, 1.82) is 0 Å². The van der Waals surface area contributed by atoms with Crippen LogP contribution in [0.25, 0.3) is 16.7 Å². The average Bonchev–Trinajstić information content (AvgIpc) is 3.09. The number of fused-ring (bicyclic) bond motifs is 3. The van der Waals surface area contributed by atoms with Crippen molar-refractivity contribution in [2.45, 2.75) is 40.0 Å². The van der Waals surface area contributed by atoms with Gasteiger partial charge in [0.1, 0.15) is 11.6 Å². The number of aromatic nitrogens is 4. The fraction of sp³-hybridized carbons (Fsp3) is 0.318. The SMILES string of the molecule is CCCn1c(=O)c2ccccc2n2c(=S)n(CN(CC)Cc3c(F)cccc3F)nc12. The van der Waals surface area contributed by atoms with E-state index in [9.17, 15) is 13.6 Å². The molecule has 4 aromatic rings. The summed E-state index contributed by atoms with van der Waals surface area (Å²) in [6.45, 7) is 5.25. The molecule has 4 rings (SSSR count). The molecule has 0 radical (unpaired) electrons. The molecular formula is C22H23F2N5OS. The summed E-state index contributed by atoms with van der Waals surface area (Å²) >= 11 is 5.70. The molecule has 0 fully saturated rings. The van der Waals surface area contributed by atoms with Crippen LogP contribution in [0.15, 0.2) is 47.3 Å². The number of nitrogens with zero attached hydrogens (tertiary/aromatic N) is 5. The van der Waals surface area contributed by atoms with Crippen LogP contribution in [0.3, 0.4) is 0 Å². The molecule has 0 unspecified atom stereocenters. The molecule has 0 aliphatic heterocycles. The van der Waals surface area contributed by atoms with Crippen molar-refractivity contribution in [2.24, 2.45) is 0 Å². The van der Waals surface area contributed by atoms with Crippen molar-refractivity contribution in [3.63, 3.8) is 0 Å². The summed E-state index contributed by atoms with van der Waals surface area (Å²) in [5, 5.41) is 5.19. The summed E-state index contributed by atoms with van der Waals surface area (Å²) in [6, 6.07) is 11.1. The van der Waals surface area contributed by atoms with Gasteiger partial charge in [0.2, 0.25) is 10.5 Å². The van der Waals surface area contributed by atoms with E-state index in [0.717, 1.165) is 6.42 Å². The van der Waals surface area contributed by atoms with Crippen molar-refractivity contribution in [2.75, 3.05) is 6.54 Å². The topological polar surface area (TPSA) is 47.5 Å². The molecule has 31 heavy (non-hydrogen) atoms. The third-order valence-electron chi connectivity index (χ3n) is 5.36. The zero-order valence-corrected chi connectivity index (χ0v) is 18.2. The minimum atomic E-state index is -0.583. The molecule has 0 atom stereocenters. The van der Waals surface area contributed by atoms with Gasteiger partial charge in [0.15, 0.2) is 0 Å². The van der Waals surface area contributed by atoms with Crippen molar-refractivity contribution in [3.8, 4) is 0 Å². The molecule has 0 spiro atoms. The van der Waals surface area contributed by atoms with E-state index in [0.29, 0.717) is 34.5 Å². The molecule has 0 aliphatic carbocycles. The van der Waals surface area contributed by atoms with Gasteiger partial charge in [-0.15, -0.1) is 5.10 Å². The van der Waals surface area contributed by atoms with E-state index in [1.54, 1.807) is 19.7 Å². The summed E-state index contributed by atoms with van der Waals surface area (Å²) in [5.74, 6) is -0.705. The zero-order chi connectivity index (χ0) is 22.1. The largest absolute Gasteiger partial charge is 0.280 e. The van der Waals surface area contributed by atoms with Crippen molar-refractivity contribution >= 4 is 28.9 Å². The second kappa shape index (κ2) is 8.68. The maximum absolute atomic E-state index is 14.1. The number of aryl methyl sites for hydroxylation is 1. The summed E-state index contributed by atoms with van der Waals surface area (Å²) in [5.41, 5.74) is 0.583. The fourth-order valence-electron chi connectivity index (χ4n) is 3.74. The van der Waals surface area contributed by atoms with E-state index < -0.39 is 11.6 Å². The number of hydrogen-bond acceptors (Lipinski definition) is 4. The molecule has 162 valence electrons. The Labute approximate surface area is 183 Å². The Morgan fingerprint density at radius 2 is 1.77 bits per heavy atom. The summed E-state index contributed by atoms with van der Waals surface area (Å²) in [6.07, 6.45) is 0.765. The van der Waals surface area contributed by atoms with Crippen LogP contribution in [0.5, 0.6) is 0 Å². The van der Waals surface area contributed by atoms with E-state index >= 15 is 0 Å². The molecule has 0 bridgehead atoms. The third-order valence-corrected chi connectivity index (χ3v) is 5.75. The zero-order valence-electron chi connectivity index (χ0n) is 17.4. The Bertz CT molecular complexity index is 1350. The van der Waals surface area contributed by atoms with Crippen LogP contribution in [0.2, 0.25) is 0 Å². The van der Waals surface area contributed by atoms with Gasteiger partial charge in [-0.25, -0.2) is 13.5 Å². The van der Waals surface area contributed by atoms with Crippen LogP contribution in [0.1, 0.15) is 25.8 Å². The second-order valence-electron chi connectivity index (χ2n) is 7.38. The quantitative estimate of drug-likeness (QED) is 0.399. The second-order valence-corrected chi connectivity index (χ2v) is 7.74. The molecular weight excluding hydrogens is 420 g/mol. The van der Waals surface area contributed by atoms with E-state index in [-0.39, 0.29) is 24.3 Å². The Morgan fingerprint density at radius 3 is 2.45 bits per heavy atom. The number of hydrogen-bond donors (Lipinski definition) is 0. The number of halogens is 2. The van der Waals surface area contributed by atoms with Gasteiger partial charge in [-0.2, -0.15) is 0 Å². The van der Waals surface area contributed by atoms with E-state index in [1.165, 1.54) is 18.2 Å². The first-order chi connectivity index (χ1) is 15.0. The lowest BCUT2D eigenvalue weighted by atomic mass is 10.2. The van der Waals surface area contributed by atoms with E-state index in [4.69, 9.17) is 12.2 Å². The number of benzene rings is 2. The molecule has 0 N–H and O–H groups in total. The predicted octanol–water partition coefficient (Wildman–Crippen LogP) is 4.35. The van der Waals surface area contributed by atoms with Crippen molar-refractivity contribution in [1.82, 2.24) is 23.6 Å². The van der Waals surface area contributed by atoms with Gasteiger partial charge in [0, 0.05) is 18.7 Å². The maximum Gasteiger partial charge on any atom is 0.262 e. The molecule has 0 aliphatic rings. The first-order valence-electron chi connectivity index (χ1n) is 10.2. The molecule has 6 nitrogen and oxygen atoms in total. The highest BCUT2D eigenvalue weighted by atomic mass is 32.1. The standard InChI is InChI=1S/C22H23F2N5OS/c1-3-12-27-20(30)15-8-5-6-11-19(15)29-21(27)25-28(22(29)31)14-26(4-2)13-16-17(23)9-7-10-18(16)24/h5-11H,3-4,12-14H2,1-2H3. The minimum Gasteiger partial charge on any atom is -0.280 e. The Morgan fingerprint density at radius 1 is 1.06 bits per heavy atom. The molecule has 2 aromatic carbocycles. The van der Waals surface area contributed by atoms with Gasteiger partial charge in [0.05, 0.1) is 17.6 Å². The lowest BCUT2D eigenvalue weighted by molar-refractivity contribution is 0.202. The van der Waals surface area contributed by atoms with Crippen molar-refractivity contribution in [3.05, 3.63) is 74.8 Å². The first kappa shape index (κ1) is 21.3. The summed E-state index contributed by atoms with van der Waals surface area (Å²) < 4.78 is 33.7. The van der Waals surface area contributed by atoms with Crippen LogP contribution >= 0.6 is 12.2 Å². The smallest absolute Gasteiger partial charge is 0.262 e. The van der Waals surface area contributed by atoms with Crippen molar-refractivity contribution < 1.29 is 8.78 Å². The van der Waals surface area contributed by atoms with E-state index in [1.807, 2.05) is 36.9 Å². The van der Waals surface area contributed by atoms with Crippen LogP contribution in [-0.2, 0) is 19.8 Å². The Hall–Kier alpha value is -2.91. The highest BCUT2D eigenvalue weighted by Crippen LogP contribution is 2.17. The van der Waals surface area contributed by atoms with Gasteiger partial charge in [-0.05, 0) is 49.4 Å². The lowest BCUT2D eigenvalue weighted by Crippen LogP contribution is -2.27. The Balaban J connectivity index is 1.82. The third kappa shape index (κ3) is 3.79. The minimum absolute atomic E-state index is 0.00738. The number of rotatable bonds is 7. The predicted molar refractivity (Wildman–Crippen MR) is 119 cm³/mol. The van der Waals surface area contributed by atoms with Crippen LogP contribution in [0, 0.1) is 16.4 Å². The summed E-state index contributed by atoms with van der Waals surface area (Å²) in [7, 11) is 0. The van der Waals surface area contributed by atoms with Gasteiger partial charge in [0.25, 0.3) is 5.56 Å². The fourth-order valence-corrected chi connectivity index (χ4v) is 4.02. The highest BCUT2D eigenvalue weighted by Gasteiger charge is 2.18. The molecule has 0 amide bonds. The lowest BCUT2D eigenvalue weighted by Gasteiger charge is -2.20. The van der Waals surface area contributed by atoms with Gasteiger partial charge in [-0.1, -0.05) is 32.0 Å². The molecule has 2 aromatic heterocycles. The molecule has 0 saturated heterocycles. The first-order valence-corrected chi connectivity index (χ1v) is 10.6. The normalized spacial score (nSPS) is 11.8. The van der Waals surface area contributed by atoms with Crippen LogP contribution in [-0.4, -0.2) is 30.2 Å². The number of para-hydroxylation sites is 1. The molecule has 9 heteroatoms. The van der Waals surface area contributed by atoms with Gasteiger partial charge in [-0.3, -0.25) is 18.7 Å². The van der Waals surface area contributed by atoms with Crippen LogP contribution in [0.4, 0.5) is 8.78 Å². The summed E-state index contributed by atoms with van der Waals surface area (Å²) in [4.78, 5) is 14.9. The molecule has 2 heterocycles. The monoisotopic (exact) mass is 443 g/mol. The van der Waals surface area contributed by atoms with Gasteiger partial charge < -0.3 is 0 Å². The van der Waals surface area contributed by atoms with Crippen LogP contribution < -0.4 is 5.56 Å². The highest BCUT2D eigenvalue weighted by molar-refractivity contribution is 7.71. The van der Waals surface area contributed by atoms with Gasteiger partial charge >= 0.3 is 0 Å². The molecule has 0 saturated carbocycles. The Kier molecular flexibility index (Phi) is 5.97.